The molecule has 0 spiro atoms. The van der Waals surface area contributed by atoms with Crippen molar-refractivity contribution in [1.29, 1.82) is 0 Å². The molecule has 0 saturated carbocycles. The van der Waals surface area contributed by atoms with E-state index in [1.54, 1.807) is 0 Å². The highest BCUT2D eigenvalue weighted by atomic mass is 32.7. The van der Waals surface area contributed by atoms with E-state index >= 15 is 0 Å². The highest BCUT2D eigenvalue weighted by Gasteiger charge is 2.08. The van der Waals surface area contributed by atoms with Crippen LogP contribution in [-0.2, 0) is 23.9 Å². The molecular formula is C5H12O3P2S2. The Kier molecular flexibility index (Phi) is 6.38. The maximum absolute atomic E-state index is 11.1. The summed E-state index contributed by atoms with van der Waals surface area (Å²) in [6.45, 7) is 0. The lowest BCUT2D eigenvalue weighted by Gasteiger charge is -1.98. The van der Waals surface area contributed by atoms with E-state index in [1.165, 1.54) is 0 Å². The second kappa shape index (κ2) is 6.09. The van der Waals surface area contributed by atoms with Gasteiger partial charge in [-0.25, -0.2) is 8.42 Å². The van der Waals surface area contributed by atoms with E-state index in [9.17, 15) is 13.2 Å². The zero-order valence-electron chi connectivity index (χ0n) is 6.49. The van der Waals surface area contributed by atoms with Gasteiger partial charge < -0.3 is 4.79 Å². The Labute approximate surface area is 78.5 Å². The van der Waals surface area contributed by atoms with Gasteiger partial charge in [0.25, 0.3) is 0 Å². The van der Waals surface area contributed by atoms with E-state index in [0.29, 0.717) is 12.0 Å². The van der Waals surface area contributed by atoms with Crippen molar-refractivity contribution in [3.8, 4) is 0 Å². The monoisotopic (exact) mass is 246 g/mol. The van der Waals surface area contributed by atoms with Crippen molar-refractivity contribution in [2.75, 3.05) is 17.3 Å². The molecule has 0 aliphatic heterocycles. The van der Waals surface area contributed by atoms with Crippen LogP contribution < -0.4 is 0 Å². The van der Waals surface area contributed by atoms with Gasteiger partial charge in [0, 0.05) is 12.2 Å². The largest absolute Gasteiger partial charge is 0.303 e. The first-order valence-electron chi connectivity index (χ1n) is 3.32. The van der Waals surface area contributed by atoms with Gasteiger partial charge >= 0.3 is 0 Å². The number of rotatable bonds is 6. The van der Waals surface area contributed by atoms with E-state index in [1.807, 2.05) is 0 Å². The Morgan fingerprint density at radius 2 is 1.83 bits per heavy atom. The van der Waals surface area contributed by atoms with E-state index in [0.717, 1.165) is 0 Å². The minimum absolute atomic E-state index is 0.0296. The average molecular weight is 246 g/mol. The first-order valence-corrected chi connectivity index (χ1v) is 9.35. The number of carbonyl (C=O) groups excluding carboxylic acids is 1. The Hall–Kier alpha value is 0.570. The van der Waals surface area contributed by atoms with E-state index < -0.39 is 19.1 Å². The molecule has 0 aliphatic carbocycles. The summed E-state index contributed by atoms with van der Waals surface area (Å²) < 4.78 is 22.2. The third-order valence-corrected chi connectivity index (χ3v) is 5.17. The Bertz CT molecular complexity index is 297. The molecule has 0 saturated heterocycles. The predicted octanol–water partition coefficient (Wildman–Crippen LogP) is 0.456. The first kappa shape index (κ1) is 12.6. The van der Waals surface area contributed by atoms with Gasteiger partial charge in [0.15, 0.2) is 9.84 Å². The topological polar surface area (TPSA) is 51.2 Å². The van der Waals surface area contributed by atoms with Gasteiger partial charge in [-0.15, -0.1) is 0 Å². The number of hydrogen-bond acceptors (Lipinski definition) is 3. The summed E-state index contributed by atoms with van der Waals surface area (Å²) in [6, 6.07) is 0. The van der Waals surface area contributed by atoms with E-state index in [2.05, 4.69) is 16.0 Å². The second-order valence-corrected chi connectivity index (χ2v) is 10.4. The molecular weight excluding hydrogens is 234 g/mol. The van der Waals surface area contributed by atoms with Crippen LogP contribution in [0.15, 0.2) is 0 Å². The molecule has 12 heavy (non-hydrogen) atoms. The van der Waals surface area contributed by atoms with Crippen molar-refractivity contribution < 1.29 is 13.2 Å². The molecule has 0 amide bonds. The Balaban J connectivity index is 3.96. The molecule has 72 valence electrons. The molecule has 0 fully saturated rings. The molecule has 0 heterocycles. The fourth-order valence-corrected chi connectivity index (χ4v) is 4.71. The first-order chi connectivity index (χ1) is 5.48. The highest BCUT2D eigenvalue weighted by molar-refractivity contribution is 8.29. The van der Waals surface area contributed by atoms with Gasteiger partial charge in [0.05, 0.1) is 11.5 Å². The third kappa shape index (κ3) is 7.23. The van der Waals surface area contributed by atoms with Crippen molar-refractivity contribution in [1.82, 2.24) is 0 Å². The summed E-state index contributed by atoms with van der Waals surface area (Å²) >= 11 is 0. The van der Waals surface area contributed by atoms with E-state index in [4.69, 9.17) is 0 Å². The normalized spacial score (nSPS) is 11.8. The number of sulfone groups is 1. The van der Waals surface area contributed by atoms with Crippen LogP contribution in [0.1, 0.15) is 6.42 Å². The summed E-state index contributed by atoms with van der Waals surface area (Å²) in [4.78, 5) is 9.91. The van der Waals surface area contributed by atoms with Gasteiger partial charge in [-0.2, -0.15) is 9.25 Å². The van der Waals surface area contributed by atoms with Crippen molar-refractivity contribution in [3.63, 3.8) is 0 Å². The average Bonchev–Trinajstić information content (AvgIpc) is 1.98. The summed E-state index contributed by atoms with van der Waals surface area (Å²) in [6.07, 6.45) is 0.728. The summed E-state index contributed by atoms with van der Waals surface area (Å²) in [7, 11) is 3.02. The number of hydrogen-bond donors (Lipinski definition) is 1. The molecule has 0 bridgehead atoms. The third-order valence-electron chi connectivity index (χ3n) is 1.17. The van der Waals surface area contributed by atoms with Crippen LogP contribution in [0.2, 0.25) is 0 Å². The Morgan fingerprint density at radius 3 is 2.25 bits per heavy atom. The molecule has 0 rings (SSSR count). The standard InChI is InChI=1S/C5H12O3P2S2/c6-2-1-4-12(7,8)5-3-11(9)10/h2,9-11H,1,3-5H2. The fraction of sp³-hybridized carbons (Fsp3) is 0.800. The summed E-state index contributed by atoms with van der Waals surface area (Å²) in [5.74, 6) is 0.683. The summed E-state index contributed by atoms with van der Waals surface area (Å²) in [5, 5.41) is 0. The van der Waals surface area contributed by atoms with Crippen LogP contribution in [0.4, 0.5) is 0 Å². The molecule has 0 aromatic heterocycles. The maximum Gasteiger partial charge on any atom is 0.151 e. The minimum atomic E-state index is -3.02. The molecule has 0 N–H and O–H groups in total. The molecule has 0 aromatic carbocycles. The number of aldehydes is 1. The fourth-order valence-electron chi connectivity index (χ4n) is 0.560. The van der Waals surface area contributed by atoms with Crippen molar-refractivity contribution in [2.45, 2.75) is 6.42 Å². The number of thiol groups is 1. The molecule has 7 heteroatoms. The lowest BCUT2D eigenvalue weighted by molar-refractivity contribution is -0.107. The molecule has 0 unspecified atom stereocenters. The predicted molar refractivity (Wildman–Crippen MR) is 59.6 cm³/mol. The zero-order valence-corrected chi connectivity index (χ0v) is 10.2. The van der Waals surface area contributed by atoms with Gasteiger partial charge in [-0.1, -0.05) is 16.0 Å². The Morgan fingerprint density at radius 1 is 1.25 bits per heavy atom. The number of carbonyl (C=O) groups is 1. The molecule has 0 atom stereocenters. The van der Waals surface area contributed by atoms with Crippen LogP contribution in [0, 0.1) is 0 Å². The smallest absolute Gasteiger partial charge is 0.151 e. The van der Waals surface area contributed by atoms with E-state index in [-0.39, 0.29) is 17.9 Å². The van der Waals surface area contributed by atoms with Crippen LogP contribution in [0.25, 0.3) is 0 Å². The van der Waals surface area contributed by atoms with Crippen LogP contribution >= 0.6 is 16.0 Å². The van der Waals surface area contributed by atoms with Crippen LogP contribution in [0.3, 0.4) is 0 Å². The molecule has 0 aromatic rings. The molecule has 0 radical (unpaired) electrons. The lowest BCUT2D eigenvalue weighted by atomic mass is 10.6. The van der Waals surface area contributed by atoms with Crippen molar-refractivity contribution in [2.24, 2.45) is 0 Å². The highest BCUT2D eigenvalue weighted by Crippen LogP contribution is 1.95. The van der Waals surface area contributed by atoms with Crippen molar-refractivity contribution in [3.05, 3.63) is 0 Å². The van der Waals surface area contributed by atoms with Gasteiger partial charge in [0.1, 0.15) is 6.29 Å². The van der Waals surface area contributed by atoms with Crippen LogP contribution in [-0.4, -0.2) is 32.0 Å². The molecule has 3 nitrogen and oxygen atoms in total. The van der Waals surface area contributed by atoms with Gasteiger partial charge in [0.2, 0.25) is 0 Å². The summed E-state index contributed by atoms with van der Waals surface area (Å²) in [5.41, 5.74) is 0. The quantitative estimate of drug-likeness (QED) is 0.421. The lowest BCUT2D eigenvalue weighted by Crippen LogP contribution is -2.14. The van der Waals surface area contributed by atoms with Crippen LogP contribution in [0.5, 0.6) is 0 Å². The van der Waals surface area contributed by atoms with Gasteiger partial charge in [-0.3, -0.25) is 0 Å². The molecule has 0 aliphatic rings. The SMILES string of the molecule is O=CCCS(=O)(=O)CC[SH](=P)=P. The van der Waals surface area contributed by atoms with Crippen molar-refractivity contribution >= 4 is 41.4 Å². The second-order valence-electron chi connectivity index (χ2n) is 2.26. The minimum Gasteiger partial charge on any atom is -0.303 e. The zero-order chi connectivity index (χ0) is 9.61. The maximum atomic E-state index is 11.1. The van der Waals surface area contributed by atoms with Gasteiger partial charge in [-0.05, 0) is 0 Å².